The van der Waals surface area contributed by atoms with E-state index in [1.165, 1.54) is 0 Å². The molecule has 1 heterocycles. The largest absolute Gasteiger partial charge is 0.494 e. The van der Waals surface area contributed by atoms with Crippen molar-refractivity contribution in [1.82, 2.24) is 4.98 Å². The van der Waals surface area contributed by atoms with Crippen LogP contribution in [0.3, 0.4) is 0 Å². The summed E-state index contributed by atoms with van der Waals surface area (Å²) in [6, 6.07) is 3.78. The maximum Gasteiger partial charge on any atom is 0.122 e. The Morgan fingerprint density at radius 2 is 2.08 bits per heavy atom. The highest BCUT2D eigenvalue weighted by atomic mass is 16.5. The minimum atomic E-state index is 0.712. The monoisotopic (exact) mass is 167 g/mol. The molecule has 0 aromatic carbocycles. The second kappa shape index (κ2) is 6.65. The van der Waals surface area contributed by atoms with Crippen LogP contribution in [-0.2, 0) is 0 Å². The highest BCUT2D eigenvalue weighted by Gasteiger charge is 1.90. The lowest BCUT2D eigenvalue weighted by Gasteiger charge is -2.01. The van der Waals surface area contributed by atoms with Crippen LogP contribution in [0, 0.1) is 6.92 Å². The molecular formula is C10H17NO. The van der Waals surface area contributed by atoms with Crippen molar-refractivity contribution in [2.45, 2.75) is 27.7 Å². The highest BCUT2D eigenvalue weighted by Crippen LogP contribution is 2.09. The van der Waals surface area contributed by atoms with Gasteiger partial charge in [-0.25, -0.2) is 0 Å². The zero-order chi connectivity index (χ0) is 9.40. The third kappa shape index (κ3) is 3.96. The molecule has 0 fully saturated rings. The van der Waals surface area contributed by atoms with E-state index in [2.05, 4.69) is 4.98 Å². The Kier molecular flexibility index (Phi) is 6.07. The predicted molar refractivity (Wildman–Crippen MR) is 51.5 cm³/mol. The molecule has 0 unspecified atom stereocenters. The summed E-state index contributed by atoms with van der Waals surface area (Å²) in [4.78, 5) is 4.04. The van der Waals surface area contributed by atoms with Crippen LogP contribution in [0.2, 0.25) is 0 Å². The molecule has 1 aromatic rings. The first-order valence-corrected chi connectivity index (χ1v) is 4.38. The molecule has 0 aliphatic heterocycles. The Balaban J connectivity index is 0.000000561. The standard InChI is InChI=1S/C8H11NO.C2H6/c1-3-10-8-4-5-9-7(2)6-8;1-2/h4-6H,3H2,1-2H3;1-2H3. The van der Waals surface area contributed by atoms with Crippen molar-refractivity contribution in [2.24, 2.45) is 0 Å². The van der Waals surface area contributed by atoms with Crippen molar-refractivity contribution < 1.29 is 4.74 Å². The lowest BCUT2D eigenvalue weighted by molar-refractivity contribution is 0.339. The molecule has 2 heteroatoms. The molecule has 12 heavy (non-hydrogen) atoms. The second-order valence-corrected chi connectivity index (χ2v) is 2.07. The number of nitrogens with zero attached hydrogens (tertiary/aromatic N) is 1. The fraction of sp³-hybridized carbons (Fsp3) is 0.500. The first-order chi connectivity index (χ1) is 5.83. The van der Waals surface area contributed by atoms with Gasteiger partial charge in [-0.3, -0.25) is 4.98 Å². The van der Waals surface area contributed by atoms with Gasteiger partial charge in [-0.05, 0) is 19.9 Å². The highest BCUT2D eigenvalue weighted by molar-refractivity contribution is 5.21. The summed E-state index contributed by atoms with van der Waals surface area (Å²) in [5, 5.41) is 0. The zero-order valence-electron chi connectivity index (χ0n) is 8.29. The smallest absolute Gasteiger partial charge is 0.122 e. The molecule has 0 spiro atoms. The molecule has 0 saturated heterocycles. The van der Waals surface area contributed by atoms with Gasteiger partial charge >= 0.3 is 0 Å². The second-order valence-electron chi connectivity index (χ2n) is 2.07. The van der Waals surface area contributed by atoms with Gasteiger partial charge in [0.15, 0.2) is 0 Å². The number of aryl methyl sites for hydroxylation is 1. The van der Waals surface area contributed by atoms with E-state index in [9.17, 15) is 0 Å². The third-order valence-corrected chi connectivity index (χ3v) is 1.18. The van der Waals surface area contributed by atoms with Crippen molar-refractivity contribution in [2.75, 3.05) is 6.61 Å². The van der Waals surface area contributed by atoms with E-state index in [0.29, 0.717) is 6.61 Å². The maximum absolute atomic E-state index is 5.25. The molecule has 0 N–H and O–H groups in total. The number of aromatic nitrogens is 1. The summed E-state index contributed by atoms with van der Waals surface area (Å²) in [5.74, 6) is 0.898. The summed E-state index contributed by atoms with van der Waals surface area (Å²) in [7, 11) is 0. The van der Waals surface area contributed by atoms with E-state index in [1.807, 2.05) is 39.8 Å². The van der Waals surface area contributed by atoms with Crippen LogP contribution in [0.1, 0.15) is 26.5 Å². The van der Waals surface area contributed by atoms with Gasteiger partial charge in [0.05, 0.1) is 6.61 Å². The molecule has 0 radical (unpaired) electrons. The molecule has 2 nitrogen and oxygen atoms in total. The van der Waals surface area contributed by atoms with Crippen LogP contribution in [-0.4, -0.2) is 11.6 Å². The van der Waals surface area contributed by atoms with Crippen molar-refractivity contribution >= 4 is 0 Å². The molecule has 0 aliphatic carbocycles. The number of ether oxygens (including phenoxy) is 1. The molecule has 0 amide bonds. The SMILES string of the molecule is CC.CCOc1ccnc(C)c1. The first kappa shape index (κ1) is 11.0. The van der Waals surface area contributed by atoms with Gasteiger partial charge in [0.2, 0.25) is 0 Å². The van der Waals surface area contributed by atoms with E-state index in [-0.39, 0.29) is 0 Å². The van der Waals surface area contributed by atoms with E-state index in [1.54, 1.807) is 6.20 Å². The molecule has 0 aliphatic rings. The summed E-state index contributed by atoms with van der Waals surface area (Å²) in [6.45, 7) is 8.63. The molecule has 0 bridgehead atoms. The first-order valence-electron chi connectivity index (χ1n) is 4.38. The van der Waals surface area contributed by atoms with Gasteiger partial charge in [-0.2, -0.15) is 0 Å². The Morgan fingerprint density at radius 3 is 2.58 bits per heavy atom. The normalized spacial score (nSPS) is 8.33. The Hall–Kier alpha value is -1.05. The van der Waals surface area contributed by atoms with Crippen LogP contribution in [0.5, 0.6) is 5.75 Å². The van der Waals surface area contributed by atoms with Gasteiger partial charge in [0.1, 0.15) is 5.75 Å². The topological polar surface area (TPSA) is 22.1 Å². The van der Waals surface area contributed by atoms with Gasteiger partial charge in [0.25, 0.3) is 0 Å². The number of pyridine rings is 1. The molecule has 1 rings (SSSR count). The summed E-state index contributed by atoms with van der Waals surface area (Å²) in [6.07, 6.45) is 1.75. The molecule has 0 saturated carbocycles. The van der Waals surface area contributed by atoms with Crippen LogP contribution >= 0.6 is 0 Å². The summed E-state index contributed by atoms with van der Waals surface area (Å²) >= 11 is 0. The van der Waals surface area contributed by atoms with E-state index >= 15 is 0 Å². The fourth-order valence-corrected chi connectivity index (χ4v) is 0.776. The van der Waals surface area contributed by atoms with Crippen LogP contribution in [0.25, 0.3) is 0 Å². The van der Waals surface area contributed by atoms with Gasteiger partial charge < -0.3 is 4.74 Å². The molecule has 68 valence electrons. The van der Waals surface area contributed by atoms with Crippen molar-refractivity contribution in [3.63, 3.8) is 0 Å². The minimum absolute atomic E-state index is 0.712. The lowest BCUT2D eigenvalue weighted by atomic mass is 10.4. The molecule has 0 atom stereocenters. The average Bonchev–Trinajstić information content (AvgIpc) is 2.09. The minimum Gasteiger partial charge on any atom is -0.494 e. The molecular weight excluding hydrogens is 150 g/mol. The van der Waals surface area contributed by atoms with Crippen molar-refractivity contribution in [3.05, 3.63) is 24.0 Å². The van der Waals surface area contributed by atoms with Gasteiger partial charge in [-0.15, -0.1) is 0 Å². The summed E-state index contributed by atoms with van der Waals surface area (Å²) < 4.78 is 5.25. The summed E-state index contributed by atoms with van der Waals surface area (Å²) in [5.41, 5.74) is 0.992. The molecule has 1 aromatic heterocycles. The van der Waals surface area contributed by atoms with Gasteiger partial charge in [0, 0.05) is 18.0 Å². The quantitative estimate of drug-likeness (QED) is 0.675. The number of rotatable bonds is 2. The maximum atomic E-state index is 5.25. The Labute approximate surface area is 74.6 Å². The van der Waals surface area contributed by atoms with E-state index in [0.717, 1.165) is 11.4 Å². The van der Waals surface area contributed by atoms with Crippen molar-refractivity contribution in [3.8, 4) is 5.75 Å². The van der Waals surface area contributed by atoms with Crippen LogP contribution in [0.15, 0.2) is 18.3 Å². The number of hydrogen-bond acceptors (Lipinski definition) is 2. The fourth-order valence-electron chi connectivity index (χ4n) is 0.776. The Bertz CT molecular complexity index is 211. The van der Waals surface area contributed by atoms with Crippen LogP contribution in [0.4, 0.5) is 0 Å². The predicted octanol–water partition coefficient (Wildman–Crippen LogP) is 2.81. The van der Waals surface area contributed by atoms with Gasteiger partial charge in [-0.1, -0.05) is 13.8 Å². The Morgan fingerprint density at radius 1 is 1.42 bits per heavy atom. The van der Waals surface area contributed by atoms with E-state index < -0.39 is 0 Å². The average molecular weight is 167 g/mol. The zero-order valence-corrected chi connectivity index (χ0v) is 8.29. The van der Waals surface area contributed by atoms with Crippen LogP contribution < -0.4 is 4.74 Å². The van der Waals surface area contributed by atoms with E-state index in [4.69, 9.17) is 4.74 Å². The van der Waals surface area contributed by atoms with Crippen molar-refractivity contribution in [1.29, 1.82) is 0 Å². The third-order valence-electron chi connectivity index (χ3n) is 1.18. The lowest BCUT2D eigenvalue weighted by Crippen LogP contribution is -1.91. The number of hydrogen-bond donors (Lipinski definition) is 0.